The molecule has 1 aromatic heterocycles. The average Bonchev–Trinajstić information content (AvgIpc) is 2.96. The molecule has 1 heterocycles. The number of amides is 1. The van der Waals surface area contributed by atoms with Crippen molar-refractivity contribution in [3.8, 4) is 5.75 Å². The van der Waals surface area contributed by atoms with Crippen molar-refractivity contribution in [2.75, 3.05) is 11.9 Å². The van der Waals surface area contributed by atoms with E-state index in [9.17, 15) is 4.79 Å². The first-order chi connectivity index (χ1) is 10.2. The lowest BCUT2D eigenvalue weighted by Crippen LogP contribution is -2.20. The zero-order chi connectivity index (χ0) is 14.7. The van der Waals surface area contributed by atoms with E-state index in [1.165, 1.54) is 23.3 Å². The van der Waals surface area contributed by atoms with Crippen molar-refractivity contribution >= 4 is 22.9 Å². The zero-order valence-corrected chi connectivity index (χ0v) is 12.5. The fourth-order valence-corrected chi connectivity index (χ4v) is 3.63. The molecule has 1 amide bonds. The fraction of sp³-hybridized carbons (Fsp3) is 0.312. The number of nitrogens with one attached hydrogen (secondary N) is 1. The van der Waals surface area contributed by atoms with Crippen LogP contribution in [-0.2, 0) is 11.2 Å². The smallest absolute Gasteiger partial charge is 0.255 e. The molecule has 4 nitrogen and oxygen atoms in total. The number of fused-ring (bicyclic) bond motifs is 1. The van der Waals surface area contributed by atoms with Gasteiger partial charge >= 0.3 is 0 Å². The molecule has 0 saturated heterocycles. The van der Waals surface area contributed by atoms with Crippen molar-refractivity contribution < 1.29 is 9.53 Å². The number of ether oxygens (including phenoxy) is 1. The van der Waals surface area contributed by atoms with E-state index < -0.39 is 5.91 Å². The van der Waals surface area contributed by atoms with Crippen LogP contribution in [0, 0.1) is 0 Å². The third-order valence-corrected chi connectivity index (χ3v) is 4.62. The average molecular weight is 302 g/mol. The summed E-state index contributed by atoms with van der Waals surface area (Å²) in [6.07, 6.45) is 3.58. The molecule has 1 aliphatic rings. The van der Waals surface area contributed by atoms with Crippen molar-refractivity contribution in [3.63, 3.8) is 0 Å². The first-order valence-corrected chi connectivity index (χ1v) is 7.94. The monoisotopic (exact) mass is 302 g/mol. The molecular weight excluding hydrogens is 284 g/mol. The number of primary amides is 1. The third kappa shape index (κ3) is 3.36. The Hall–Kier alpha value is -2.01. The van der Waals surface area contributed by atoms with Gasteiger partial charge < -0.3 is 15.8 Å². The quantitative estimate of drug-likeness (QED) is 0.892. The largest absolute Gasteiger partial charge is 0.484 e. The van der Waals surface area contributed by atoms with Crippen LogP contribution in [-0.4, -0.2) is 12.5 Å². The number of carbonyl (C=O) groups is 1. The Bertz CT molecular complexity index is 621. The molecule has 1 unspecified atom stereocenters. The second-order valence-electron chi connectivity index (χ2n) is 5.17. The van der Waals surface area contributed by atoms with Crippen LogP contribution in [0.2, 0.25) is 0 Å². The van der Waals surface area contributed by atoms with Crippen molar-refractivity contribution in [2.24, 2.45) is 5.73 Å². The van der Waals surface area contributed by atoms with Gasteiger partial charge in [-0.25, -0.2) is 0 Å². The van der Waals surface area contributed by atoms with Gasteiger partial charge in [0.05, 0.1) is 6.04 Å². The summed E-state index contributed by atoms with van der Waals surface area (Å²) in [4.78, 5) is 12.2. The lowest BCUT2D eigenvalue weighted by atomic mass is 9.94. The fourth-order valence-electron chi connectivity index (χ4n) is 2.64. The Labute approximate surface area is 127 Å². The van der Waals surface area contributed by atoms with Crippen molar-refractivity contribution in [2.45, 2.75) is 25.3 Å². The van der Waals surface area contributed by atoms with Crippen LogP contribution >= 0.6 is 11.3 Å². The molecule has 3 rings (SSSR count). The highest BCUT2D eigenvalue weighted by Crippen LogP contribution is 2.35. The van der Waals surface area contributed by atoms with E-state index in [1.807, 2.05) is 35.6 Å². The van der Waals surface area contributed by atoms with Crippen LogP contribution < -0.4 is 15.8 Å². The van der Waals surface area contributed by atoms with Crippen LogP contribution in [0.3, 0.4) is 0 Å². The molecule has 21 heavy (non-hydrogen) atoms. The Morgan fingerprint density at radius 3 is 2.90 bits per heavy atom. The normalized spacial score (nSPS) is 17.0. The lowest BCUT2D eigenvalue weighted by Gasteiger charge is -2.24. The summed E-state index contributed by atoms with van der Waals surface area (Å²) in [5.41, 5.74) is 7.55. The SMILES string of the molecule is NC(=O)COc1ccc(NC2CCCc3sccc32)cc1. The highest BCUT2D eigenvalue weighted by Gasteiger charge is 2.20. The van der Waals surface area contributed by atoms with E-state index in [2.05, 4.69) is 16.8 Å². The number of aryl methyl sites for hydroxylation is 1. The van der Waals surface area contributed by atoms with E-state index in [4.69, 9.17) is 10.5 Å². The van der Waals surface area contributed by atoms with Gasteiger partial charge in [-0.3, -0.25) is 4.79 Å². The van der Waals surface area contributed by atoms with Crippen molar-refractivity contribution in [1.29, 1.82) is 0 Å². The second-order valence-corrected chi connectivity index (χ2v) is 6.17. The number of hydrogen-bond donors (Lipinski definition) is 2. The molecule has 110 valence electrons. The molecular formula is C16H18N2O2S. The molecule has 0 spiro atoms. The maximum atomic E-state index is 10.7. The Kier molecular flexibility index (Phi) is 4.10. The van der Waals surface area contributed by atoms with Gasteiger partial charge in [-0.2, -0.15) is 0 Å². The third-order valence-electron chi connectivity index (χ3n) is 3.63. The number of nitrogens with two attached hydrogens (primary N) is 1. The topological polar surface area (TPSA) is 64.4 Å². The van der Waals surface area contributed by atoms with E-state index in [0.717, 1.165) is 12.1 Å². The van der Waals surface area contributed by atoms with Gasteiger partial charge in [-0.1, -0.05) is 0 Å². The minimum atomic E-state index is -0.468. The van der Waals surface area contributed by atoms with Gasteiger partial charge in [0.2, 0.25) is 0 Å². The summed E-state index contributed by atoms with van der Waals surface area (Å²) < 4.78 is 5.26. The Morgan fingerprint density at radius 2 is 2.14 bits per heavy atom. The van der Waals surface area contributed by atoms with E-state index in [-0.39, 0.29) is 6.61 Å². The Morgan fingerprint density at radius 1 is 1.33 bits per heavy atom. The molecule has 0 radical (unpaired) electrons. The number of thiophene rings is 1. The van der Waals surface area contributed by atoms with Gasteiger partial charge in [-0.15, -0.1) is 11.3 Å². The van der Waals surface area contributed by atoms with Crippen LogP contribution in [0.15, 0.2) is 35.7 Å². The number of rotatable bonds is 5. The summed E-state index contributed by atoms with van der Waals surface area (Å²) in [6, 6.07) is 10.2. The van der Waals surface area contributed by atoms with E-state index in [1.54, 1.807) is 0 Å². The first kappa shape index (κ1) is 13.9. The minimum Gasteiger partial charge on any atom is -0.484 e. The first-order valence-electron chi connectivity index (χ1n) is 7.06. The molecule has 1 aliphatic carbocycles. The van der Waals surface area contributed by atoms with Crippen LogP contribution in [0.1, 0.15) is 29.3 Å². The highest BCUT2D eigenvalue weighted by atomic mass is 32.1. The predicted molar refractivity (Wildman–Crippen MR) is 84.8 cm³/mol. The van der Waals surface area contributed by atoms with Gasteiger partial charge in [0.15, 0.2) is 6.61 Å². The molecule has 0 fully saturated rings. The summed E-state index contributed by atoms with van der Waals surface area (Å²) in [5.74, 6) is 0.184. The van der Waals surface area contributed by atoms with E-state index >= 15 is 0 Å². The molecule has 1 aromatic carbocycles. The molecule has 0 saturated carbocycles. The number of hydrogen-bond acceptors (Lipinski definition) is 4. The summed E-state index contributed by atoms with van der Waals surface area (Å²) >= 11 is 1.85. The molecule has 3 N–H and O–H groups in total. The Balaban J connectivity index is 1.65. The maximum absolute atomic E-state index is 10.7. The standard InChI is InChI=1S/C16H18N2O2S/c17-16(19)10-20-12-6-4-11(5-7-12)18-14-2-1-3-15-13(14)8-9-21-15/h4-9,14,18H,1-3,10H2,(H2,17,19). The number of benzene rings is 1. The summed E-state index contributed by atoms with van der Waals surface area (Å²) in [5, 5.41) is 5.75. The minimum absolute atomic E-state index is 0.0896. The van der Waals surface area contributed by atoms with Crippen LogP contribution in [0.4, 0.5) is 5.69 Å². The van der Waals surface area contributed by atoms with Gasteiger partial charge in [0.1, 0.15) is 5.75 Å². The molecule has 5 heteroatoms. The predicted octanol–water partition coefficient (Wildman–Crippen LogP) is 3.10. The lowest BCUT2D eigenvalue weighted by molar-refractivity contribution is -0.119. The van der Waals surface area contributed by atoms with Crippen molar-refractivity contribution in [1.82, 2.24) is 0 Å². The highest BCUT2D eigenvalue weighted by molar-refractivity contribution is 7.10. The van der Waals surface area contributed by atoms with Crippen LogP contribution in [0.5, 0.6) is 5.75 Å². The summed E-state index contributed by atoms with van der Waals surface area (Å²) in [7, 11) is 0. The number of anilines is 1. The zero-order valence-electron chi connectivity index (χ0n) is 11.7. The maximum Gasteiger partial charge on any atom is 0.255 e. The second kappa shape index (κ2) is 6.18. The van der Waals surface area contributed by atoms with Gasteiger partial charge in [-0.05, 0) is 60.5 Å². The van der Waals surface area contributed by atoms with Crippen LogP contribution in [0.25, 0.3) is 0 Å². The number of carbonyl (C=O) groups excluding carboxylic acids is 1. The van der Waals surface area contributed by atoms with E-state index in [0.29, 0.717) is 11.8 Å². The molecule has 1 atom stereocenters. The van der Waals surface area contributed by atoms with Crippen molar-refractivity contribution in [3.05, 3.63) is 46.2 Å². The molecule has 2 aromatic rings. The molecule has 0 bridgehead atoms. The summed E-state index contributed by atoms with van der Waals surface area (Å²) in [6.45, 7) is -0.0896. The van der Waals surface area contributed by atoms with Gasteiger partial charge in [0.25, 0.3) is 5.91 Å². The van der Waals surface area contributed by atoms with Gasteiger partial charge in [0, 0.05) is 10.6 Å². The molecule has 0 aliphatic heterocycles.